The van der Waals surface area contributed by atoms with Gasteiger partial charge in [0.15, 0.2) is 0 Å². The van der Waals surface area contributed by atoms with Crippen molar-refractivity contribution in [3.63, 3.8) is 0 Å². The van der Waals surface area contributed by atoms with Gasteiger partial charge in [0.05, 0.1) is 11.6 Å². The van der Waals surface area contributed by atoms with Gasteiger partial charge in [0.1, 0.15) is 5.82 Å². The van der Waals surface area contributed by atoms with E-state index in [1.165, 1.54) is 6.07 Å². The van der Waals surface area contributed by atoms with E-state index in [0.29, 0.717) is 5.56 Å². The molecule has 0 aliphatic heterocycles. The molecule has 1 amide bonds. The van der Waals surface area contributed by atoms with Crippen molar-refractivity contribution in [2.45, 2.75) is 38.3 Å². The standard InChI is InChI=1S/C13H17FN2O.ClH/c1-8-3-4-10(7-11(8)14)9(2)16-12(17)13(15)5-6-13;/h3-4,7,9H,5-6,15H2,1-2H3,(H,16,17);1H. The normalized spacial score (nSPS) is 17.6. The Balaban J connectivity index is 0.00000162. The number of benzene rings is 1. The van der Waals surface area contributed by atoms with Crippen LogP contribution in [0, 0.1) is 12.7 Å². The Kier molecular flexibility index (Phi) is 4.35. The topological polar surface area (TPSA) is 55.1 Å². The molecule has 2 rings (SSSR count). The van der Waals surface area contributed by atoms with E-state index in [4.69, 9.17) is 5.73 Å². The second-order valence-corrected chi connectivity index (χ2v) is 4.86. The van der Waals surface area contributed by atoms with Gasteiger partial charge in [0.25, 0.3) is 0 Å². The highest BCUT2D eigenvalue weighted by Crippen LogP contribution is 2.33. The van der Waals surface area contributed by atoms with Crippen LogP contribution in [-0.2, 0) is 4.79 Å². The molecule has 5 heteroatoms. The van der Waals surface area contributed by atoms with E-state index in [2.05, 4.69) is 5.32 Å². The van der Waals surface area contributed by atoms with Crippen LogP contribution in [0.4, 0.5) is 4.39 Å². The zero-order chi connectivity index (χ0) is 12.6. The number of aryl methyl sites for hydroxylation is 1. The third-order valence-electron chi connectivity index (χ3n) is 3.28. The second-order valence-electron chi connectivity index (χ2n) is 4.86. The average molecular weight is 273 g/mol. The minimum atomic E-state index is -0.683. The lowest BCUT2D eigenvalue weighted by atomic mass is 10.1. The predicted octanol–water partition coefficient (Wildman–Crippen LogP) is 2.22. The number of hydrogen-bond acceptors (Lipinski definition) is 2. The number of rotatable bonds is 3. The smallest absolute Gasteiger partial charge is 0.240 e. The minimum Gasteiger partial charge on any atom is -0.348 e. The molecule has 0 heterocycles. The van der Waals surface area contributed by atoms with Gasteiger partial charge in [-0.05, 0) is 43.9 Å². The molecule has 3 N–H and O–H groups in total. The number of carbonyl (C=O) groups excluding carboxylic acids is 1. The molecule has 1 aliphatic rings. The summed E-state index contributed by atoms with van der Waals surface area (Å²) in [5.74, 6) is -0.400. The van der Waals surface area contributed by atoms with Crippen molar-refractivity contribution in [1.82, 2.24) is 5.32 Å². The summed E-state index contributed by atoms with van der Waals surface area (Å²) in [7, 11) is 0. The van der Waals surface area contributed by atoms with Crippen LogP contribution in [0.25, 0.3) is 0 Å². The number of amides is 1. The van der Waals surface area contributed by atoms with Crippen LogP contribution in [0.15, 0.2) is 18.2 Å². The summed E-state index contributed by atoms with van der Waals surface area (Å²) < 4.78 is 13.4. The third kappa shape index (κ3) is 3.00. The average Bonchev–Trinajstić information content (AvgIpc) is 3.02. The Labute approximate surface area is 112 Å². The number of carbonyl (C=O) groups is 1. The number of hydrogen-bond donors (Lipinski definition) is 2. The summed E-state index contributed by atoms with van der Waals surface area (Å²) in [5, 5.41) is 2.81. The lowest BCUT2D eigenvalue weighted by Crippen LogP contribution is -2.43. The van der Waals surface area contributed by atoms with Crippen LogP contribution in [0.1, 0.15) is 36.9 Å². The zero-order valence-electron chi connectivity index (χ0n) is 10.5. The first-order chi connectivity index (χ1) is 7.92. The first-order valence-corrected chi connectivity index (χ1v) is 5.78. The van der Waals surface area contributed by atoms with Crippen molar-refractivity contribution in [3.05, 3.63) is 35.1 Å². The fourth-order valence-corrected chi connectivity index (χ4v) is 1.66. The molecule has 0 aromatic heterocycles. The monoisotopic (exact) mass is 272 g/mol. The summed E-state index contributed by atoms with van der Waals surface area (Å²) in [5.41, 5.74) is 6.46. The van der Waals surface area contributed by atoms with Crippen molar-refractivity contribution >= 4 is 18.3 Å². The van der Waals surface area contributed by atoms with Gasteiger partial charge < -0.3 is 11.1 Å². The first-order valence-electron chi connectivity index (χ1n) is 5.78. The molecule has 18 heavy (non-hydrogen) atoms. The van der Waals surface area contributed by atoms with E-state index < -0.39 is 5.54 Å². The Morgan fingerprint density at radius 1 is 1.50 bits per heavy atom. The Bertz CT molecular complexity index is 460. The van der Waals surface area contributed by atoms with E-state index in [-0.39, 0.29) is 30.2 Å². The highest BCUT2D eigenvalue weighted by Gasteiger charge is 2.46. The Morgan fingerprint density at radius 2 is 2.11 bits per heavy atom. The van der Waals surface area contributed by atoms with Crippen molar-refractivity contribution < 1.29 is 9.18 Å². The summed E-state index contributed by atoms with van der Waals surface area (Å²) in [6.45, 7) is 3.54. The maximum atomic E-state index is 13.4. The zero-order valence-corrected chi connectivity index (χ0v) is 11.3. The fourth-order valence-electron chi connectivity index (χ4n) is 1.66. The van der Waals surface area contributed by atoms with E-state index in [1.807, 2.05) is 13.0 Å². The van der Waals surface area contributed by atoms with E-state index in [9.17, 15) is 9.18 Å². The molecule has 1 aromatic rings. The molecule has 100 valence electrons. The molecule has 3 nitrogen and oxygen atoms in total. The predicted molar refractivity (Wildman–Crippen MR) is 71.1 cm³/mol. The molecule has 0 saturated heterocycles. The highest BCUT2D eigenvalue weighted by atomic mass is 35.5. The molecule has 0 radical (unpaired) electrons. The minimum absolute atomic E-state index is 0. The van der Waals surface area contributed by atoms with Crippen molar-refractivity contribution in [2.75, 3.05) is 0 Å². The molecule has 1 saturated carbocycles. The van der Waals surface area contributed by atoms with E-state index >= 15 is 0 Å². The largest absolute Gasteiger partial charge is 0.348 e. The van der Waals surface area contributed by atoms with Crippen LogP contribution < -0.4 is 11.1 Å². The second kappa shape index (κ2) is 5.24. The lowest BCUT2D eigenvalue weighted by molar-refractivity contribution is -0.123. The van der Waals surface area contributed by atoms with Gasteiger partial charge in [-0.3, -0.25) is 4.79 Å². The van der Waals surface area contributed by atoms with Gasteiger partial charge in [-0.1, -0.05) is 12.1 Å². The molecular formula is C13H18ClFN2O. The third-order valence-corrected chi connectivity index (χ3v) is 3.28. The molecule has 1 fully saturated rings. The van der Waals surface area contributed by atoms with E-state index in [0.717, 1.165) is 18.4 Å². The van der Waals surface area contributed by atoms with Gasteiger partial charge >= 0.3 is 0 Å². The molecule has 1 aromatic carbocycles. The molecular weight excluding hydrogens is 255 g/mol. The molecule has 1 unspecified atom stereocenters. The summed E-state index contributed by atoms with van der Waals surface area (Å²) >= 11 is 0. The first kappa shape index (κ1) is 14.9. The lowest BCUT2D eigenvalue weighted by Gasteiger charge is -2.17. The van der Waals surface area contributed by atoms with Crippen molar-refractivity contribution in [2.24, 2.45) is 5.73 Å². The molecule has 0 bridgehead atoms. The quantitative estimate of drug-likeness (QED) is 0.887. The number of nitrogens with one attached hydrogen (secondary N) is 1. The molecule has 1 aliphatic carbocycles. The van der Waals surface area contributed by atoms with Crippen LogP contribution in [-0.4, -0.2) is 11.4 Å². The molecule has 1 atom stereocenters. The van der Waals surface area contributed by atoms with Crippen molar-refractivity contribution in [1.29, 1.82) is 0 Å². The van der Waals surface area contributed by atoms with Crippen LogP contribution in [0.5, 0.6) is 0 Å². The van der Waals surface area contributed by atoms with Gasteiger partial charge in [-0.2, -0.15) is 0 Å². The van der Waals surface area contributed by atoms with Gasteiger partial charge in [0.2, 0.25) is 5.91 Å². The summed E-state index contributed by atoms with van der Waals surface area (Å²) in [6.07, 6.45) is 1.46. The Morgan fingerprint density at radius 3 is 2.61 bits per heavy atom. The maximum Gasteiger partial charge on any atom is 0.240 e. The SMILES string of the molecule is Cc1ccc(C(C)NC(=O)C2(N)CC2)cc1F.Cl. The fraction of sp³-hybridized carbons (Fsp3) is 0.462. The van der Waals surface area contributed by atoms with Crippen molar-refractivity contribution in [3.8, 4) is 0 Å². The summed E-state index contributed by atoms with van der Waals surface area (Å²) in [6, 6.07) is 4.76. The van der Waals surface area contributed by atoms with Crippen LogP contribution >= 0.6 is 12.4 Å². The highest BCUT2D eigenvalue weighted by molar-refractivity contribution is 5.89. The number of nitrogens with two attached hydrogens (primary N) is 1. The van der Waals surface area contributed by atoms with Gasteiger partial charge in [-0.15, -0.1) is 12.4 Å². The van der Waals surface area contributed by atoms with Gasteiger partial charge in [0, 0.05) is 0 Å². The van der Waals surface area contributed by atoms with Crippen LogP contribution in [0.3, 0.4) is 0 Å². The molecule has 0 spiro atoms. The number of halogens is 2. The van der Waals surface area contributed by atoms with Crippen LogP contribution in [0.2, 0.25) is 0 Å². The maximum absolute atomic E-state index is 13.4. The van der Waals surface area contributed by atoms with E-state index in [1.54, 1.807) is 13.0 Å². The van der Waals surface area contributed by atoms with Gasteiger partial charge in [-0.25, -0.2) is 4.39 Å². The Hall–Kier alpha value is -1.13. The summed E-state index contributed by atoms with van der Waals surface area (Å²) in [4.78, 5) is 11.7.